The summed E-state index contributed by atoms with van der Waals surface area (Å²) < 4.78 is 0. The maximum Gasteiger partial charge on any atom is 0.230 e. The molecule has 0 aliphatic heterocycles. The molecule has 2 rings (SSSR count). The summed E-state index contributed by atoms with van der Waals surface area (Å²) in [6.45, 7) is 0. The van der Waals surface area contributed by atoms with E-state index in [1.807, 2.05) is 0 Å². The predicted molar refractivity (Wildman–Crippen MR) is 62.7 cm³/mol. The quantitative estimate of drug-likeness (QED) is 0.505. The van der Waals surface area contributed by atoms with E-state index < -0.39 is 0 Å². The number of hydrogen-bond donors (Lipinski definition) is 3. The fourth-order valence-corrected chi connectivity index (χ4v) is 1.84. The lowest BCUT2D eigenvalue weighted by Gasteiger charge is -2.03. The van der Waals surface area contributed by atoms with E-state index in [9.17, 15) is 4.79 Å². The third-order valence-electron chi connectivity index (χ3n) is 2.02. The smallest absolute Gasteiger partial charge is 0.230 e. The Morgan fingerprint density at radius 3 is 2.62 bits per heavy atom. The largest absolute Gasteiger partial charge is 0.383 e. The van der Waals surface area contributed by atoms with Gasteiger partial charge in [-0.05, 0) is 12.8 Å². The molecule has 7 heteroatoms. The Balaban J connectivity index is 1.85. The Hall–Kier alpha value is -1.50. The maximum absolute atomic E-state index is 11.4. The van der Waals surface area contributed by atoms with E-state index >= 15 is 0 Å². The Morgan fingerprint density at radius 2 is 2.06 bits per heavy atom. The van der Waals surface area contributed by atoms with E-state index in [-0.39, 0.29) is 5.91 Å². The minimum Gasteiger partial charge on any atom is -0.383 e. The first-order valence-corrected chi connectivity index (χ1v) is 5.94. The van der Waals surface area contributed by atoms with Crippen molar-refractivity contribution in [3.8, 4) is 0 Å². The molecule has 1 aliphatic carbocycles. The number of nitrogens with two attached hydrogens (primary N) is 2. The molecule has 1 amide bonds. The number of carbonyl (C=O) groups excluding carboxylic acids is 1. The summed E-state index contributed by atoms with van der Waals surface area (Å²) in [5, 5.41) is 3.31. The minimum absolute atomic E-state index is 0.00269. The van der Waals surface area contributed by atoms with Crippen LogP contribution in [0.1, 0.15) is 12.8 Å². The van der Waals surface area contributed by atoms with Gasteiger partial charge in [-0.2, -0.15) is 0 Å². The SMILES string of the molecule is Nc1cc(N)nc(SCC(=O)NC2CC2)n1. The highest BCUT2D eigenvalue weighted by Crippen LogP contribution is 2.20. The molecule has 0 saturated heterocycles. The second kappa shape index (κ2) is 4.56. The van der Waals surface area contributed by atoms with E-state index in [0.717, 1.165) is 12.8 Å². The Bertz CT molecular complexity index is 387. The molecule has 1 aromatic rings. The standard InChI is InChI=1S/C9H13N5OS/c10-6-3-7(11)14-9(13-6)16-4-8(15)12-5-1-2-5/h3,5H,1-2,4H2,(H,12,15)(H4,10,11,13,14). The molecule has 16 heavy (non-hydrogen) atoms. The number of anilines is 2. The van der Waals surface area contributed by atoms with Gasteiger partial charge in [0.05, 0.1) is 5.75 Å². The van der Waals surface area contributed by atoms with Gasteiger partial charge in [-0.15, -0.1) is 0 Å². The second-order valence-corrected chi connectivity index (χ2v) is 4.57. The lowest BCUT2D eigenvalue weighted by atomic mass is 10.5. The molecule has 1 heterocycles. The zero-order chi connectivity index (χ0) is 11.5. The summed E-state index contributed by atoms with van der Waals surface area (Å²) >= 11 is 1.23. The molecule has 1 fully saturated rings. The molecular formula is C9H13N5OS. The van der Waals surface area contributed by atoms with Crippen molar-refractivity contribution in [2.75, 3.05) is 17.2 Å². The number of carbonyl (C=O) groups is 1. The highest BCUT2D eigenvalue weighted by Gasteiger charge is 2.23. The number of thioether (sulfide) groups is 1. The average molecular weight is 239 g/mol. The van der Waals surface area contributed by atoms with Crippen molar-refractivity contribution in [3.63, 3.8) is 0 Å². The minimum atomic E-state index is -0.00269. The summed E-state index contributed by atoms with van der Waals surface area (Å²) in [5.41, 5.74) is 11.0. The first-order valence-electron chi connectivity index (χ1n) is 4.95. The van der Waals surface area contributed by atoms with Crippen LogP contribution in [0, 0.1) is 0 Å². The van der Waals surface area contributed by atoms with E-state index in [0.29, 0.717) is 28.6 Å². The third-order valence-corrected chi connectivity index (χ3v) is 2.87. The van der Waals surface area contributed by atoms with Gasteiger partial charge in [0.25, 0.3) is 0 Å². The number of nitrogen functional groups attached to an aromatic ring is 2. The fourth-order valence-electron chi connectivity index (χ4n) is 1.15. The van der Waals surface area contributed by atoms with Crippen LogP contribution >= 0.6 is 11.8 Å². The van der Waals surface area contributed by atoms with Gasteiger partial charge >= 0.3 is 0 Å². The number of nitrogens with one attached hydrogen (secondary N) is 1. The molecule has 0 radical (unpaired) electrons. The van der Waals surface area contributed by atoms with Crippen LogP contribution in [0.5, 0.6) is 0 Å². The molecule has 6 nitrogen and oxygen atoms in total. The highest BCUT2D eigenvalue weighted by molar-refractivity contribution is 7.99. The van der Waals surface area contributed by atoms with Gasteiger partial charge in [-0.25, -0.2) is 9.97 Å². The highest BCUT2D eigenvalue weighted by atomic mass is 32.2. The normalized spacial score (nSPS) is 14.8. The molecule has 0 spiro atoms. The third kappa shape index (κ3) is 3.27. The lowest BCUT2D eigenvalue weighted by molar-refractivity contribution is -0.118. The van der Waals surface area contributed by atoms with E-state index in [1.165, 1.54) is 17.8 Å². The van der Waals surface area contributed by atoms with Crippen molar-refractivity contribution < 1.29 is 4.79 Å². The van der Waals surface area contributed by atoms with Crippen LogP contribution in [0.2, 0.25) is 0 Å². The number of nitrogens with zero attached hydrogens (tertiary/aromatic N) is 2. The molecular weight excluding hydrogens is 226 g/mol. The Kier molecular flexibility index (Phi) is 3.14. The van der Waals surface area contributed by atoms with Crippen molar-refractivity contribution in [2.24, 2.45) is 0 Å². The van der Waals surface area contributed by atoms with E-state index in [1.54, 1.807) is 0 Å². The van der Waals surface area contributed by atoms with Crippen molar-refractivity contribution in [2.45, 2.75) is 24.0 Å². The van der Waals surface area contributed by atoms with Crippen molar-refractivity contribution in [1.82, 2.24) is 15.3 Å². The van der Waals surface area contributed by atoms with Crippen molar-refractivity contribution >= 4 is 29.3 Å². The van der Waals surface area contributed by atoms with Gasteiger partial charge in [-0.3, -0.25) is 4.79 Å². The van der Waals surface area contributed by atoms with Gasteiger partial charge in [-0.1, -0.05) is 11.8 Å². The van der Waals surface area contributed by atoms with Crippen LogP contribution < -0.4 is 16.8 Å². The van der Waals surface area contributed by atoms with Crippen molar-refractivity contribution in [1.29, 1.82) is 0 Å². The van der Waals surface area contributed by atoms with Gasteiger partial charge in [0.15, 0.2) is 5.16 Å². The first-order chi connectivity index (χ1) is 7.63. The van der Waals surface area contributed by atoms with E-state index in [4.69, 9.17) is 11.5 Å². The number of amides is 1. The van der Waals surface area contributed by atoms with Crippen LogP contribution in [-0.4, -0.2) is 27.7 Å². The average Bonchev–Trinajstić information content (AvgIpc) is 2.97. The molecule has 1 aliphatic rings. The fraction of sp³-hybridized carbons (Fsp3) is 0.444. The van der Waals surface area contributed by atoms with Gasteiger partial charge < -0.3 is 16.8 Å². The number of rotatable bonds is 4. The lowest BCUT2D eigenvalue weighted by Crippen LogP contribution is -2.27. The number of hydrogen-bond acceptors (Lipinski definition) is 6. The van der Waals surface area contributed by atoms with Crippen LogP contribution in [0.15, 0.2) is 11.2 Å². The Labute approximate surface area is 97.2 Å². The molecule has 1 aromatic heterocycles. The molecule has 5 N–H and O–H groups in total. The van der Waals surface area contributed by atoms with Gasteiger partial charge in [0.1, 0.15) is 11.6 Å². The summed E-state index contributed by atoms with van der Waals surface area (Å²) in [6, 6.07) is 1.86. The zero-order valence-electron chi connectivity index (χ0n) is 8.64. The maximum atomic E-state index is 11.4. The summed E-state index contributed by atoms with van der Waals surface area (Å²) in [4.78, 5) is 19.3. The van der Waals surface area contributed by atoms with Crippen LogP contribution in [0.3, 0.4) is 0 Å². The molecule has 0 aromatic carbocycles. The molecule has 0 atom stereocenters. The summed E-state index contributed by atoms with van der Waals surface area (Å²) in [6.07, 6.45) is 2.16. The topological polar surface area (TPSA) is 107 Å². The van der Waals surface area contributed by atoms with Gasteiger partial charge in [0, 0.05) is 12.1 Å². The number of aromatic nitrogens is 2. The summed E-state index contributed by atoms with van der Waals surface area (Å²) in [7, 11) is 0. The van der Waals surface area contributed by atoms with Crippen molar-refractivity contribution in [3.05, 3.63) is 6.07 Å². The van der Waals surface area contributed by atoms with E-state index in [2.05, 4.69) is 15.3 Å². The molecule has 1 saturated carbocycles. The van der Waals surface area contributed by atoms with Crippen LogP contribution in [-0.2, 0) is 4.79 Å². The molecule has 86 valence electrons. The second-order valence-electron chi connectivity index (χ2n) is 3.63. The van der Waals surface area contributed by atoms with Crippen LogP contribution in [0.4, 0.5) is 11.6 Å². The molecule has 0 unspecified atom stereocenters. The van der Waals surface area contributed by atoms with Crippen LogP contribution in [0.25, 0.3) is 0 Å². The summed E-state index contributed by atoms with van der Waals surface area (Å²) in [5.74, 6) is 0.923. The first kappa shape index (κ1) is 11.0. The predicted octanol–water partition coefficient (Wildman–Crippen LogP) is 0.0117. The monoisotopic (exact) mass is 239 g/mol. The molecule has 0 bridgehead atoms. The van der Waals surface area contributed by atoms with Gasteiger partial charge in [0.2, 0.25) is 5.91 Å². The Morgan fingerprint density at radius 1 is 1.44 bits per heavy atom. The zero-order valence-corrected chi connectivity index (χ0v) is 9.46.